The van der Waals surface area contributed by atoms with Gasteiger partial charge in [-0.1, -0.05) is 72.8 Å². The van der Waals surface area contributed by atoms with Gasteiger partial charge in [-0.25, -0.2) is 0 Å². The monoisotopic (exact) mass is 470 g/mol. The minimum atomic E-state index is -3.22. The van der Waals surface area contributed by atoms with Crippen LogP contribution in [0.2, 0.25) is 0 Å². The molecule has 4 aromatic carbocycles. The number of benzene rings is 4. The van der Waals surface area contributed by atoms with E-state index in [1.807, 2.05) is 80.6 Å². The Bertz CT molecular complexity index is 1330. The minimum absolute atomic E-state index is 0.808. The summed E-state index contributed by atoms with van der Waals surface area (Å²) in [6.45, 7) is 8.17. The van der Waals surface area contributed by atoms with Gasteiger partial charge in [-0.3, -0.25) is 0 Å². The molecular weight excluding hydrogens is 439 g/mol. The Kier molecular flexibility index (Phi) is 6.68. The summed E-state index contributed by atoms with van der Waals surface area (Å²) in [6, 6.07) is 25.8. The zero-order valence-electron chi connectivity index (χ0n) is 20.7. The second kappa shape index (κ2) is 9.52. The molecular formula is C30H31O3P. The lowest BCUT2D eigenvalue weighted by atomic mass is 9.92. The van der Waals surface area contributed by atoms with Crippen molar-refractivity contribution in [2.45, 2.75) is 27.7 Å². The summed E-state index contributed by atoms with van der Waals surface area (Å²) >= 11 is 0. The van der Waals surface area contributed by atoms with Crippen molar-refractivity contribution in [3.8, 4) is 22.6 Å². The van der Waals surface area contributed by atoms with E-state index >= 15 is 4.57 Å². The highest BCUT2D eigenvalue weighted by Crippen LogP contribution is 2.49. The molecule has 0 N–H and O–H groups in total. The standard InChI is InChI=1S/C30H31O3P/c1-20-17-18-26(22(3)29(20)32-5)28-23(4)30(33-6)21(2)19-27(28)34(31,24-13-9-7-10-14-24)25-15-11-8-12-16-25/h7-19H,1-6H3. The fraction of sp³-hybridized carbons (Fsp3) is 0.200. The zero-order chi connectivity index (χ0) is 24.5. The zero-order valence-corrected chi connectivity index (χ0v) is 21.6. The van der Waals surface area contributed by atoms with Crippen molar-refractivity contribution in [2.75, 3.05) is 14.2 Å². The number of methoxy groups -OCH3 is 2. The molecule has 0 fully saturated rings. The van der Waals surface area contributed by atoms with Crippen molar-refractivity contribution < 1.29 is 14.0 Å². The van der Waals surface area contributed by atoms with E-state index in [4.69, 9.17) is 9.47 Å². The maximum atomic E-state index is 15.4. The highest BCUT2D eigenvalue weighted by Gasteiger charge is 2.34. The van der Waals surface area contributed by atoms with Crippen molar-refractivity contribution >= 4 is 23.1 Å². The van der Waals surface area contributed by atoms with Crippen LogP contribution in [0.3, 0.4) is 0 Å². The molecule has 0 atom stereocenters. The van der Waals surface area contributed by atoms with E-state index in [0.29, 0.717) is 0 Å². The molecule has 0 aliphatic heterocycles. The Morgan fingerprint density at radius 1 is 0.618 bits per heavy atom. The van der Waals surface area contributed by atoms with Crippen LogP contribution < -0.4 is 25.4 Å². The first kappa shape index (κ1) is 23.9. The van der Waals surface area contributed by atoms with Crippen molar-refractivity contribution in [3.05, 3.63) is 101 Å². The van der Waals surface area contributed by atoms with Crippen LogP contribution in [0.4, 0.5) is 0 Å². The summed E-state index contributed by atoms with van der Waals surface area (Å²) in [6.07, 6.45) is 0. The van der Waals surface area contributed by atoms with Gasteiger partial charge in [-0.05, 0) is 61.6 Å². The Morgan fingerprint density at radius 2 is 1.12 bits per heavy atom. The summed E-state index contributed by atoms with van der Waals surface area (Å²) in [5.41, 5.74) is 5.96. The van der Waals surface area contributed by atoms with Gasteiger partial charge in [0.25, 0.3) is 0 Å². The fourth-order valence-corrected chi connectivity index (χ4v) is 7.98. The van der Waals surface area contributed by atoms with Gasteiger partial charge in [-0.15, -0.1) is 0 Å². The summed E-state index contributed by atoms with van der Waals surface area (Å²) < 4.78 is 26.9. The average Bonchev–Trinajstić information content (AvgIpc) is 2.85. The van der Waals surface area contributed by atoms with E-state index < -0.39 is 7.14 Å². The molecule has 0 spiro atoms. The lowest BCUT2D eigenvalue weighted by Crippen LogP contribution is -2.27. The second-order valence-corrected chi connectivity index (χ2v) is 11.3. The third-order valence-electron chi connectivity index (χ3n) is 6.54. The molecule has 0 saturated carbocycles. The van der Waals surface area contributed by atoms with E-state index in [9.17, 15) is 0 Å². The number of ether oxygens (including phenoxy) is 2. The highest BCUT2D eigenvalue weighted by molar-refractivity contribution is 7.85. The van der Waals surface area contributed by atoms with Crippen molar-refractivity contribution in [1.29, 1.82) is 0 Å². The smallest absolute Gasteiger partial charge is 0.171 e. The van der Waals surface area contributed by atoms with E-state index in [2.05, 4.69) is 26.0 Å². The molecule has 0 heterocycles. The number of rotatable bonds is 6. The first-order valence-corrected chi connectivity index (χ1v) is 13.1. The molecule has 34 heavy (non-hydrogen) atoms. The van der Waals surface area contributed by atoms with Crippen LogP contribution in [0.15, 0.2) is 78.9 Å². The Balaban J connectivity index is 2.19. The van der Waals surface area contributed by atoms with Gasteiger partial charge in [0, 0.05) is 21.5 Å². The molecule has 0 radical (unpaired) electrons. The van der Waals surface area contributed by atoms with Crippen molar-refractivity contribution in [3.63, 3.8) is 0 Å². The Labute approximate surface area is 202 Å². The SMILES string of the molecule is COc1c(C)ccc(-c2c(P(=O)(c3ccccc3)c3ccccc3)cc(C)c(OC)c2C)c1C. The molecule has 0 aliphatic rings. The summed E-state index contributed by atoms with van der Waals surface area (Å²) in [4.78, 5) is 0. The molecule has 4 aromatic rings. The van der Waals surface area contributed by atoms with Gasteiger partial charge in [-0.2, -0.15) is 0 Å². The van der Waals surface area contributed by atoms with E-state index in [1.54, 1.807) is 14.2 Å². The topological polar surface area (TPSA) is 35.5 Å². The van der Waals surface area contributed by atoms with Crippen LogP contribution in [-0.4, -0.2) is 14.2 Å². The molecule has 0 aromatic heterocycles. The molecule has 0 saturated heterocycles. The molecule has 0 aliphatic carbocycles. The summed E-state index contributed by atoms with van der Waals surface area (Å²) in [7, 11) is 0.170. The molecule has 0 unspecified atom stereocenters. The molecule has 4 heteroatoms. The Morgan fingerprint density at radius 3 is 1.62 bits per heavy atom. The van der Waals surface area contributed by atoms with E-state index in [-0.39, 0.29) is 0 Å². The summed E-state index contributed by atoms with van der Waals surface area (Å²) in [5, 5.41) is 2.43. The van der Waals surface area contributed by atoms with Gasteiger partial charge in [0.2, 0.25) is 0 Å². The van der Waals surface area contributed by atoms with Gasteiger partial charge in [0.05, 0.1) is 14.2 Å². The predicted molar refractivity (Wildman–Crippen MR) is 143 cm³/mol. The second-order valence-electron chi connectivity index (χ2n) is 8.61. The molecule has 174 valence electrons. The minimum Gasteiger partial charge on any atom is -0.496 e. The largest absolute Gasteiger partial charge is 0.496 e. The molecule has 0 amide bonds. The average molecular weight is 471 g/mol. The van der Waals surface area contributed by atoms with Crippen LogP contribution in [0, 0.1) is 27.7 Å². The van der Waals surface area contributed by atoms with Gasteiger partial charge >= 0.3 is 0 Å². The molecule has 4 rings (SSSR count). The maximum absolute atomic E-state index is 15.4. The predicted octanol–water partition coefficient (Wildman–Crippen LogP) is 6.24. The van der Waals surface area contributed by atoms with Gasteiger partial charge in [0.15, 0.2) is 7.14 Å². The van der Waals surface area contributed by atoms with Crippen LogP contribution in [0.25, 0.3) is 11.1 Å². The molecule has 3 nitrogen and oxygen atoms in total. The summed E-state index contributed by atoms with van der Waals surface area (Å²) in [5.74, 6) is 1.65. The lowest BCUT2D eigenvalue weighted by Gasteiger charge is -2.27. The lowest BCUT2D eigenvalue weighted by molar-refractivity contribution is 0.408. The number of hydrogen-bond donors (Lipinski definition) is 0. The third kappa shape index (κ3) is 3.85. The van der Waals surface area contributed by atoms with Crippen molar-refractivity contribution in [1.82, 2.24) is 0 Å². The third-order valence-corrected chi connectivity index (χ3v) is 9.62. The first-order valence-electron chi connectivity index (χ1n) is 11.4. The first-order chi connectivity index (χ1) is 16.3. The van der Waals surface area contributed by atoms with Crippen LogP contribution in [0.1, 0.15) is 22.3 Å². The fourth-order valence-electron chi connectivity index (χ4n) is 4.96. The van der Waals surface area contributed by atoms with Gasteiger partial charge in [0.1, 0.15) is 11.5 Å². The molecule has 0 bridgehead atoms. The highest BCUT2D eigenvalue weighted by atomic mass is 31.2. The van der Waals surface area contributed by atoms with Crippen LogP contribution >= 0.6 is 7.14 Å². The normalized spacial score (nSPS) is 11.4. The van der Waals surface area contributed by atoms with Crippen molar-refractivity contribution in [2.24, 2.45) is 0 Å². The number of hydrogen-bond acceptors (Lipinski definition) is 3. The van der Waals surface area contributed by atoms with Gasteiger partial charge < -0.3 is 14.0 Å². The Hall–Kier alpha value is -3.29. The quantitative estimate of drug-likeness (QED) is 0.313. The van der Waals surface area contributed by atoms with E-state index in [1.165, 1.54) is 0 Å². The van der Waals surface area contributed by atoms with E-state index in [0.717, 1.165) is 60.8 Å². The van der Waals surface area contributed by atoms with Crippen LogP contribution in [-0.2, 0) is 4.57 Å². The maximum Gasteiger partial charge on any atom is 0.171 e. The van der Waals surface area contributed by atoms with Crippen LogP contribution in [0.5, 0.6) is 11.5 Å². The number of aryl methyl sites for hydroxylation is 2.